The Balaban J connectivity index is 1.95. The Bertz CT molecular complexity index is 754. The van der Waals surface area contributed by atoms with E-state index in [1.807, 2.05) is 0 Å². The van der Waals surface area contributed by atoms with E-state index >= 15 is 0 Å². The molecule has 0 saturated heterocycles. The number of hydrogen-bond donors (Lipinski definition) is 2. The van der Waals surface area contributed by atoms with Gasteiger partial charge in [0.05, 0.1) is 22.4 Å². The fourth-order valence-corrected chi connectivity index (χ4v) is 4.63. The molecule has 7 heteroatoms. The number of nitrogen functional groups attached to an aromatic ring is 1. The number of nitrogens with one attached hydrogen (secondary N) is 1. The van der Waals surface area contributed by atoms with Crippen LogP contribution in [0.2, 0.25) is 0 Å². The first-order valence-electron chi connectivity index (χ1n) is 7.02. The van der Waals surface area contributed by atoms with Gasteiger partial charge >= 0.3 is 0 Å². The quantitative estimate of drug-likeness (QED) is 0.844. The molecular weight excluding hydrogens is 290 g/mol. The number of nitrogens with zero attached hydrogens (tertiary/aromatic N) is 1. The van der Waals surface area contributed by atoms with E-state index in [1.54, 1.807) is 25.3 Å². The number of ether oxygens (including phenoxy) is 1. The number of hydrogen-bond acceptors (Lipinski definition) is 5. The Kier molecular flexibility index (Phi) is 3.62. The van der Waals surface area contributed by atoms with Crippen LogP contribution in [-0.4, -0.2) is 36.8 Å². The molecule has 0 bridgehead atoms. The Morgan fingerprint density at radius 1 is 1.38 bits per heavy atom. The van der Waals surface area contributed by atoms with Crippen molar-refractivity contribution < 1.29 is 13.2 Å². The molecule has 1 heterocycles. The molecule has 3 rings (SSSR count). The fraction of sp³-hybridized carbons (Fsp3) is 0.500. The van der Waals surface area contributed by atoms with Crippen molar-refractivity contribution in [2.24, 2.45) is 0 Å². The molecule has 2 unspecified atom stereocenters. The van der Waals surface area contributed by atoms with Gasteiger partial charge in [0.1, 0.15) is 0 Å². The highest BCUT2D eigenvalue weighted by atomic mass is 32.2. The van der Waals surface area contributed by atoms with E-state index in [0.29, 0.717) is 29.6 Å². The number of methoxy groups -OCH3 is 1. The number of nitrogens with two attached hydrogens (primary N) is 1. The monoisotopic (exact) mass is 309 g/mol. The van der Waals surface area contributed by atoms with Crippen molar-refractivity contribution in [3.63, 3.8) is 0 Å². The molecule has 2 aromatic rings. The fourth-order valence-electron chi connectivity index (χ4n) is 2.89. The lowest BCUT2D eigenvalue weighted by molar-refractivity contribution is 0.0720. The Morgan fingerprint density at radius 3 is 2.95 bits per heavy atom. The lowest BCUT2D eigenvalue weighted by Gasteiger charge is -2.27. The van der Waals surface area contributed by atoms with Crippen molar-refractivity contribution in [2.75, 3.05) is 12.8 Å². The summed E-state index contributed by atoms with van der Waals surface area (Å²) in [5, 5.41) is -0.404. The largest absolute Gasteiger partial charge is 0.399 e. The van der Waals surface area contributed by atoms with Gasteiger partial charge in [-0.15, -0.1) is 0 Å². The van der Waals surface area contributed by atoms with Crippen LogP contribution in [-0.2, 0) is 14.6 Å². The van der Waals surface area contributed by atoms with Crippen molar-refractivity contribution in [3.05, 3.63) is 18.2 Å². The number of aromatic nitrogens is 2. The van der Waals surface area contributed by atoms with Gasteiger partial charge in [-0.2, -0.15) is 0 Å². The van der Waals surface area contributed by atoms with E-state index in [-0.39, 0.29) is 11.3 Å². The van der Waals surface area contributed by atoms with Gasteiger partial charge in [0.25, 0.3) is 0 Å². The van der Waals surface area contributed by atoms with E-state index in [1.165, 1.54) is 0 Å². The first-order valence-corrected chi connectivity index (χ1v) is 8.57. The van der Waals surface area contributed by atoms with Crippen LogP contribution in [0.1, 0.15) is 25.7 Å². The zero-order valence-electron chi connectivity index (χ0n) is 11.9. The predicted molar refractivity (Wildman–Crippen MR) is 80.7 cm³/mol. The predicted octanol–water partition coefficient (Wildman–Crippen LogP) is 1.88. The molecule has 6 nitrogen and oxygen atoms in total. The molecule has 0 radical (unpaired) electrons. The number of anilines is 1. The van der Waals surface area contributed by atoms with Gasteiger partial charge in [-0.3, -0.25) is 0 Å². The average Bonchev–Trinajstić information content (AvgIpc) is 2.91. The molecule has 1 fully saturated rings. The van der Waals surface area contributed by atoms with Gasteiger partial charge in [0.15, 0.2) is 0 Å². The van der Waals surface area contributed by atoms with Crippen molar-refractivity contribution in [1.29, 1.82) is 0 Å². The maximum Gasteiger partial charge on any atom is 0.226 e. The lowest BCUT2D eigenvalue weighted by Crippen LogP contribution is -2.32. The zero-order chi connectivity index (χ0) is 15.0. The summed E-state index contributed by atoms with van der Waals surface area (Å²) in [6, 6.07) is 5.13. The number of imidazole rings is 1. The SMILES string of the molecule is COC1CCCC(S(=O)(=O)c2nc3ccc(N)cc3[nH]2)C1. The molecule has 2 atom stereocenters. The molecule has 0 spiro atoms. The third kappa shape index (κ3) is 2.63. The van der Waals surface area contributed by atoms with Gasteiger partial charge in [0, 0.05) is 12.8 Å². The highest BCUT2D eigenvalue weighted by Crippen LogP contribution is 2.30. The first kappa shape index (κ1) is 14.3. The highest BCUT2D eigenvalue weighted by Gasteiger charge is 2.35. The van der Waals surface area contributed by atoms with E-state index < -0.39 is 15.1 Å². The minimum absolute atomic E-state index is 0.0125. The summed E-state index contributed by atoms with van der Waals surface area (Å²) in [5.41, 5.74) is 7.54. The molecule has 3 N–H and O–H groups in total. The number of aromatic amines is 1. The minimum atomic E-state index is -3.47. The summed E-state index contributed by atoms with van der Waals surface area (Å²) in [7, 11) is -1.84. The van der Waals surface area contributed by atoms with E-state index in [2.05, 4.69) is 9.97 Å². The second-order valence-electron chi connectivity index (χ2n) is 5.51. The summed E-state index contributed by atoms with van der Waals surface area (Å²) in [5.74, 6) is 0. The van der Waals surface area contributed by atoms with Crippen LogP contribution in [0.4, 0.5) is 5.69 Å². The van der Waals surface area contributed by atoms with Gasteiger partial charge in [-0.25, -0.2) is 13.4 Å². The molecule has 1 aliphatic carbocycles. The van der Waals surface area contributed by atoms with Crippen LogP contribution in [0, 0.1) is 0 Å². The number of fused-ring (bicyclic) bond motifs is 1. The molecule has 1 saturated carbocycles. The van der Waals surface area contributed by atoms with Gasteiger partial charge in [0.2, 0.25) is 15.0 Å². The van der Waals surface area contributed by atoms with E-state index in [4.69, 9.17) is 10.5 Å². The van der Waals surface area contributed by atoms with Crippen LogP contribution in [0.5, 0.6) is 0 Å². The minimum Gasteiger partial charge on any atom is -0.399 e. The standard InChI is InChI=1S/C14H19N3O3S/c1-20-10-3-2-4-11(8-10)21(18,19)14-16-12-6-5-9(15)7-13(12)17-14/h5-7,10-11H,2-4,8,15H2,1H3,(H,16,17). The molecule has 1 aliphatic rings. The van der Waals surface area contributed by atoms with Crippen molar-refractivity contribution in [3.8, 4) is 0 Å². The third-order valence-electron chi connectivity index (χ3n) is 4.10. The molecule has 0 aliphatic heterocycles. The summed E-state index contributed by atoms with van der Waals surface area (Å²) >= 11 is 0. The maximum atomic E-state index is 12.7. The molecule has 114 valence electrons. The third-order valence-corrected chi connectivity index (χ3v) is 6.14. The van der Waals surface area contributed by atoms with Crippen molar-refractivity contribution >= 4 is 26.6 Å². The summed E-state index contributed by atoms with van der Waals surface area (Å²) < 4.78 is 30.8. The van der Waals surface area contributed by atoms with Crippen molar-refractivity contribution in [2.45, 2.75) is 42.2 Å². The summed E-state index contributed by atoms with van der Waals surface area (Å²) in [6.07, 6.45) is 2.97. The first-order chi connectivity index (χ1) is 10.0. The summed E-state index contributed by atoms with van der Waals surface area (Å²) in [4.78, 5) is 7.10. The maximum absolute atomic E-state index is 12.7. The van der Waals surface area contributed by atoms with Crippen LogP contribution >= 0.6 is 0 Å². The number of sulfone groups is 1. The Labute approximate surface area is 123 Å². The normalized spacial score (nSPS) is 23.5. The highest BCUT2D eigenvalue weighted by molar-refractivity contribution is 7.91. The number of H-pyrrole nitrogens is 1. The number of benzene rings is 1. The topological polar surface area (TPSA) is 98.1 Å². The smallest absolute Gasteiger partial charge is 0.226 e. The molecule has 1 aromatic carbocycles. The van der Waals surface area contributed by atoms with Gasteiger partial charge in [-0.1, -0.05) is 0 Å². The average molecular weight is 309 g/mol. The zero-order valence-corrected chi connectivity index (χ0v) is 12.7. The molecule has 0 amide bonds. The van der Waals surface area contributed by atoms with Crippen LogP contribution < -0.4 is 5.73 Å². The van der Waals surface area contributed by atoms with Crippen LogP contribution in [0.3, 0.4) is 0 Å². The van der Waals surface area contributed by atoms with Gasteiger partial charge in [-0.05, 0) is 43.9 Å². The van der Waals surface area contributed by atoms with E-state index in [0.717, 1.165) is 12.8 Å². The van der Waals surface area contributed by atoms with Crippen LogP contribution in [0.25, 0.3) is 11.0 Å². The van der Waals surface area contributed by atoms with E-state index in [9.17, 15) is 8.42 Å². The Hall–Kier alpha value is -1.60. The van der Waals surface area contributed by atoms with Gasteiger partial charge < -0.3 is 15.5 Å². The second-order valence-corrected chi connectivity index (χ2v) is 7.65. The molecule has 1 aromatic heterocycles. The Morgan fingerprint density at radius 2 is 2.19 bits per heavy atom. The second kappa shape index (κ2) is 5.31. The van der Waals surface area contributed by atoms with Crippen LogP contribution in [0.15, 0.2) is 23.4 Å². The molecular formula is C14H19N3O3S. The molecule has 21 heavy (non-hydrogen) atoms. The van der Waals surface area contributed by atoms with Crippen molar-refractivity contribution in [1.82, 2.24) is 9.97 Å². The number of rotatable bonds is 3. The summed E-state index contributed by atoms with van der Waals surface area (Å²) in [6.45, 7) is 0. The lowest BCUT2D eigenvalue weighted by atomic mass is 9.97.